The Morgan fingerprint density at radius 1 is 1.09 bits per heavy atom. The van der Waals surface area contributed by atoms with E-state index in [1.807, 2.05) is 12.1 Å². The van der Waals surface area contributed by atoms with E-state index in [0.29, 0.717) is 11.8 Å². The zero-order valence-electron chi connectivity index (χ0n) is 13.5. The van der Waals surface area contributed by atoms with Gasteiger partial charge in [0.1, 0.15) is 5.75 Å². The van der Waals surface area contributed by atoms with E-state index in [1.54, 1.807) is 20.3 Å². The van der Waals surface area contributed by atoms with Crippen LogP contribution in [-0.4, -0.2) is 30.8 Å². The van der Waals surface area contributed by atoms with Gasteiger partial charge in [0.2, 0.25) is 0 Å². The molecule has 0 aromatic heterocycles. The maximum atomic E-state index is 9.87. The molecule has 2 heterocycles. The zero-order chi connectivity index (χ0) is 16.0. The Bertz CT molecular complexity index is 757. The second-order valence-corrected chi connectivity index (χ2v) is 6.26. The molecule has 1 unspecified atom stereocenters. The van der Waals surface area contributed by atoms with Crippen LogP contribution in [0.1, 0.15) is 28.3 Å². The van der Waals surface area contributed by atoms with Crippen molar-refractivity contribution >= 4 is 0 Å². The second kappa shape index (κ2) is 5.46. The Balaban J connectivity index is 1.78. The smallest absolute Gasteiger partial charge is 0.165 e. The van der Waals surface area contributed by atoms with Crippen LogP contribution in [0.15, 0.2) is 30.3 Å². The van der Waals surface area contributed by atoms with E-state index < -0.39 is 0 Å². The summed E-state index contributed by atoms with van der Waals surface area (Å²) in [4.78, 5) is 2.48. The van der Waals surface area contributed by atoms with E-state index in [2.05, 4.69) is 17.0 Å². The Morgan fingerprint density at radius 3 is 2.70 bits per heavy atom. The molecular weight excluding hydrogens is 290 g/mol. The Kier molecular flexibility index (Phi) is 3.42. The van der Waals surface area contributed by atoms with Gasteiger partial charge in [-0.3, -0.25) is 4.90 Å². The van der Waals surface area contributed by atoms with Gasteiger partial charge in [-0.05, 0) is 47.7 Å². The molecule has 4 nitrogen and oxygen atoms in total. The highest BCUT2D eigenvalue weighted by molar-refractivity contribution is 5.53. The van der Waals surface area contributed by atoms with Crippen molar-refractivity contribution in [2.24, 2.45) is 0 Å². The zero-order valence-corrected chi connectivity index (χ0v) is 13.5. The van der Waals surface area contributed by atoms with Crippen molar-refractivity contribution < 1.29 is 14.6 Å². The van der Waals surface area contributed by atoms with Gasteiger partial charge in [0, 0.05) is 24.7 Å². The molecule has 2 aliphatic heterocycles. The van der Waals surface area contributed by atoms with Gasteiger partial charge in [-0.25, -0.2) is 0 Å². The highest BCUT2D eigenvalue weighted by Gasteiger charge is 2.34. The number of aromatic hydroxyl groups is 1. The van der Waals surface area contributed by atoms with Gasteiger partial charge >= 0.3 is 0 Å². The van der Waals surface area contributed by atoms with Crippen LogP contribution in [0.3, 0.4) is 0 Å². The molecule has 1 atom stereocenters. The molecule has 0 saturated carbocycles. The van der Waals surface area contributed by atoms with E-state index in [9.17, 15) is 5.11 Å². The molecule has 2 aliphatic rings. The summed E-state index contributed by atoms with van der Waals surface area (Å²) in [6.45, 7) is 1.89. The summed E-state index contributed by atoms with van der Waals surface area (Å²) in [5.41, 5.74) is 5.15. The van der Waals surface area contributed by atoms with E-state index >= 15 is 0 Å². The maximum absolute atomic E-state index is 9.87. The number of phenols is 1. The molecule has 0 bridgehead atoms. The van der Waals surface area contributed by atoms with E-state index in [0.717, 1.165) is 37.4 Å². The first-order chi connectivity index (χ1) is 11.2. The second-order valence-electron chi connectivity index (χ2n) is 6.26. The lowest BCUT2D eigenvalue weighted by Crippen LogP contribution is -2.39. The normalized spacial score (nSPS) is 19.5. The topological polar surface area (TPSA) is 41.9 Å². The maximum Gasteiger partial charge on any atom is 0.165 e. The number of hydrogen-bond donors (Lipinski definition) is 1. The van der Waals surface area contributed by atoms with Crippen LogP contribution in [-0.2, 0) is 19.4 Å². The SMILES string of the molecule is COc1ccc2c(c1OC)CN1CCc3ccc(O)cc3C1C2. The van der Waals surface area contributed by atoms with Crippen LogP contribution in [0.4, 0.5) is 0 Å². The molecule has 2 aromatic carbocycles. The number of methoxy groups -OCH3 is 2. The predicted molar refractivity (Wildman–Crippen MR) is 88.2 cm³/mol. The summed E-state index contributed by atoms with van der Waals surface area (Å²) in [6, 6.07) is 10.2. The number of fused-ring (bicyclic) bond motifs is 4. The van der Waals surface area contributed by atoms with E-state index in [4.69, 9.17) is 9.47 Å². The van der Waals surface area contributed by atoms with Crippen LogP contribution in [0.5, 0.6) is 17.2 Å². The molecule has 0 radical (unpaired) electrons. The number of hydrogen-bond acceptors (Lipinski definition) is 4. The number of rotatable bonds is 2. The van der Waals surface area contributed by atoms with Crippen molar-refractivity contribution in [1.29, 1.82) is 0 Å². The van der Waals surface area contributed by atoms with Gasteiger partial charge in [0.15, 0.2) is 11.5 Å². The van der Waals surface area contributed by atoms with E-state index in [1.165, 1.54) is 22.3 Å². The Hall–Kier alpha value is -2.20. The quantitative estimate of drug-likeness (QED) is 0.925. The molecule has 0 fully saturated rings. The molecule has 2 aromatic rings. The van der Waals surface area contributed by atoms with Gasteiger partial charge < -0.3 is 14.6 Å². The highest BCUT2D eigenvalue weighted by atomic mass is 16.5. The monoisotopic (exact) mass is 311 g/mol. The number of phenolic OH excluding ortho intramolecular Hbond substituents is 1. The molecule has 0 saturated heterocycles. The lowest BCUT2D eigenvalue weighted by atomic mass is 9.83. The van der Waals surface area contributed by atoms with Crippen molar-refractivity contribution in [1.82, 2.24) is 4.90 Å². The van der Waals surface area contributed by atoms with Crippen molar-refractivity contribution in [3.63, 3.8) is 0 Å². The summed E-state index contributed by atoms with van der Waals surface area (Å²) in [7, 11) is 3.38. The third-order valence-corrected chi connectivity index (χ3v) is 5.12. The molecule has 0 aliphatic carbocycles. The first kappa shape index (κ1) is 14.4. The Morgan fingerprint density at radius 2 is 1.91 bits per heavy atom. The molecule has 23 heavy (non-hydrogen) atoms. The standard InChI is InChI=1S/C19H21NO3/c1-22-18-6-4-13-9-17-15-10-14(21)5-3-12(15)7-8-20(17)11-16(13)19(18)23-2/h3-6,10,17,21H,7-9,11H2,1-2H3. The van der Waals surface area contributed by atoms with Crippen molar-refractivity contribution in [3.8, 4) is 17.2 Å². The summed E-state index contributed by atoms with van der Waals surface area (Å²) < 4.78 is 11.0. The fourth-order valence-corrected chi connectivity index (χ4v) is 3.97. The fourth-order valence-electron chi connectivity index (χ4n) is 3.97. The highest BCUT2D eigenvalue weighted by Crippen LogP contribution is 2.44. The molecule has 120 valence electrons. The summed E-state index contributed by atoms with van der Waals surface area (Å²) >= 11 is 0. The molecule has 1 N–H and O–H groups in total. The van der Waals surface area contributed by atoms with Gasteiger partial charge in [0.25, 0.3) is 0 Å². The van der Waals surface area contributed by atoms with Crippen LogP contribution < -0.4 is 9.47 Å². The molecular formula is C19H21NO3. The van der Waals surface area contributed by atoms with Crippen molar-refractivity contribution in [2.75, 3.05) is 20.8 Å². The van der Waals surface area contributed by atoms with Gasteiger partial charge in [-0.15, -0.1) is 0 Å². The van der Waals surface area contributed by atoms with Crippen LogP contribution in [0.25, 0.3) is 0 Å². The third-order valence-electron chi connectivity index (χ3n) is 5.12. The van der Waals surface area contributed by atoms with Crippen LogP contribution in [0, 0.1) is 0 Å². The van der Waals surface area contributed by atoms with Gasteiger partial charge in [-0.2, -0.15) is 0 Å². The molecule has 4 rings (SSSR count). The first-order valence-electron chi connectivity index (χ1n) is 8.00. The lowest BCUT2D eigenvalue weighted by Gasteiger charge is -2.41. The minimum absolute atomic E-state index is 0.330. The average molecular weight is 311 g/mol. The number of benzene rings is 2. The number of ether oxygens (including phenoxy) is 2. The molecule has 0 spiro atoms. The lowest BCUT2D eigenvalue weighted by molar-refractivity contribution is 0.157. The summed E-state index contributed by atoms with van der Waals surface area (Å²) in [6.07, 6.45) is 1.96. The fraction of sp³-hybridized carbons (Fsp3) is 0.368. The Labute approximate surface area is 136 Å². The minimum Gasteiger partial charge on any atom is -0.508 e. The summed E-state index contributed by atoms with van der Waals surface area (Å²) in [5, 5.41) is 9.87. The van der Waals surface area contributed by atoms with Crippen molar-refractivity contribution in [3.05, 3.63) is 52.6 Å². The van der Waals surface area contributed by atoms with Gasteiger partial charge in [0.05, 0.1) is 14.2 Å². The van der Waals surface area contributed by atoms with Crippen LogP contribution in [0.2, 0.25) is 0 Å². The number of nitrogens with zero attached hydrogens (tertiary/aromatic N) is 1. The van der Waals surface area contributed by atoms with Crippen molar-refractivity contribution in [2.45, 2.75) is 25.4 Å². The molecule has 0 amide bonds. The molecule has 4 heteroatoms. The van der Waals surface area contributed by atoms with Crippen LogP contribution >= 0.6 is 0 Å². The predicted octanol–water partition coefficient (Wildman–Crippen LogP) is 3.06. The first-order valence-corrected chi connectivity index (χ1v) is 8.00. The minimum atomic E-state index is 0.330. The third kappa shape index (κ3) is 2.25. The summed E-state index contributed by atoms with van der Waals surface area (Å²) in [5.74, 6) is 1.99. The largest absolute Gasteiger partial charge is 0.508 e. The van der Waals surface area contributed by atoms with E-state index in [-0.39, 0.29) is 0 Å². The average Bonchev–Trinajstić information content (AvgIpc) is 2.58. The van der Waals surface area contributed by atoms with Gasteiger partial charge in [-0.1, -0.05) is 12.1 Å².